The number of primary sulfonamides is 1. The number of sulfonamides is 1. The van der Waals surface area contributed by atoms with Crippen LogP contribution in [0.3, 0.4) is 0 Å². The van der Waals surface area contributed by atoms with Gasteiger partial charge in [0, 0.05) is 36.9 Å². The second-order valence-electron chi connectivity index (χ2n) is 9.52. The number of benzene rings is 2. The van der Waals surface area contributed by atoms with Crippen molar-refractivity contribution in [3.05, 3.63) is 71.8 Å². The molecule has 2 fully saturated rings. The van der Waals surface area contributed by atoms with Crippen molar-refractivity contribution < 1.29 is 35.9 Å². The molecule has 0 radical (unpaired) electrons. The van der Waals surface area contributed by atoms with Crippen LogP contribution >= 0.6 is 10.7 Å². The summed E-state index contributed by atoms with van der Waals surface area (Å²) in [5, 5.41) is 3.98. The lowest BCUT2D eigenvalue weighted by molar-refractivity contribution is 0.0891. The molecule has 0 unspecified atom stereocenters. The minimum Gasteiger partial charge on any atom is -0.445 e. The van der Waals surface area contributed by atoms with E-state index in [1.807, 2.05) is 60.7 Å². The lowest BCUT2D eigenvalue weighted by Crippen LogP contribution is -2.44. The Balaban J connectivity index is 0.000000220. The van der Waals surface area contributed by atoms with E-state index in [1.54, 1.807) is 0 Å². The molecule has 0 aliphatic carbocycles. The minimum atomic E-state index is -3.54. The van der Waals surface area contributed by atoms with Crippen LogP contribution in [0.5, 0.6) is 0 Å². The zero-order valence-corrected chi connectivity index (χ0v) is 24.3. The van der Waals surface area contributed by atoms with Gasteiger partial charge < -0.3 is 19.3 Å². The number of rotatable bonds is 6. The van der Waals surface area contributed by atoms with Crippen molar-refractivity contribution in [3.8, 4) is 0 Å². The van der Waals surface area contributed by atoms with Gasteiger partial charge in [-0.3, -0.25) is 0 Å². The normalized spacial score (nSPS) is 16.9. The average molecular weight is 616 g/mol. The number of halogens is 1. The van der Waals surface area contributed by atoms with Crippen LogP contribution in [-0.2, 0) is 41.8 Å². The van der Waals surface area contributed by atoms with Crippen molar-refractivity contribution in [3.63, 3.8) is 0 Å². The highest BCUT2D eigenvalue weighted by Gasteiger charge is 2.31. The Morgan fingerprint density at radius 1 is 0.700 bits per heavy atom. The number of carbonyl (C=O) groups excluding carboxylic acids is 2. The Morgan fingerprint density at radius 3 is 1.38 bits per heavy atom. The first kappa shape index (κ1) is 31.7. The molecule has 2 saturated heterocycles. The maximum atomic E-state index is 11.9. The van der Waals surface area contributed by atoms with E-state index in [0.717, 1.165) is 11.1 Å². The number of nitrogens with zero attached hydrogens (tertiary/aromatic N) is 2. The molecule has 2 aliphatic rings. The van der Waals surface area contributed by atoms with Crippen LogP contribution in [0.25, 0.3) is 0 Å². The van der Waals surface area contributed by atoms with Crippen LogP contribution in [0.15, 0.2) is 60.7 Å². The summed E-state index contributed by atoms with van der Waals surface area (Å²) in [7, 11) is -1.73. The lowest BCUT2D eigenvalue weighted by Gasteiger charge is -2.30. The van der Waals surface area contributed by atoms with Crippen molar-refractivity contribution in [2.45, 2.75) is 49.4 Å². The predicted octanol–water partition coefficient (Wildman–Crippen LogP) is 3.43. The molecule has 0 bridgehead atoms. The van der Waals surface area contributed by atoms with Gasteiger partial charge in [-0.1, -0.05) is 60.7 Å². The number of hydrogen-bond acceptors (Lipinski definition) is 8. The summed E-state index contributed by atoms with van der Waals surface area (Å²) in [5.74, 6) is 0. The number of carbonyl (C=O) groups is 2. The fourth-order valence-electron chi connectivity index (χ4n) is 4.31. The maximum Gasteiger partial charge on any atom is 0.410 e. The molecule has 0 aromatic heterocycles. The monoisotopic (exact) mass is 615 g/mol. The number of nitrogens with two attached hydrogens (primary N) is 1. The zero-order valence-electron chi connectivity index (χ0n) is 21.9. The summed E-state index contributed by atoms with van der Waals surface area (Å²) < 4.78 is 55.2. The molecule has 2 aromatic carbocycles. The van der Waals surface area contributed by atoms with Gasteiger partial charge in [0.15, 0.2) is 0 Å². The molecular formula is C26H34ClN3O8S2. The fourth-order valence-corrected chi connectivity index (χ4v) is 6.48. The number of piperidine rings is 2. The molecule has 40 heavy (non-hydrogen) atoms. The van der Waals surface area contributed by atoms with Gasteiger partial charge in [-0.15, -0.1) is 0 Å². The molecule has 2 amide bonds. The lowest BCUT2D eigenvalue weighted by atomic mass is 10.1. The number of amides is 2. The summed E-state index contributed by atoms with van der Waals surface area (Å²) in [6.45, 7) is 1.85. The molecule has 0 saturated carbocycles. The van der Waals surface area contributed by atoms with Crippen LogP contribution in [0.2, 0.25) is 0 Å². The first-order valence-corrected chi connectivity index (χ1v) is 16.8. The van der Waals surface area contributed by atoms with E-state index in [2.05, 4.69) is 0 Å². The van der Waals surface area contributed by atoms with E-state index in [0.29, 0.717) is 51.9 Å². The predicted molar refractivity (Wildman–Crippen MR) is 150 cm³/mol. The van der Waals surface area contributed by atoms with Gasteiger partial charge in [0.1, 0.15) is 13.2 Å². The Labute approximate surface area is 239 Å². The quantitative estimate of drug-likeness (QED) is 0.485. The molecule has 0 atom stereocenters. The molecular weight excluding hydrogens is 582 g/mol. The highest BCUT2D eigenvalue weighted by Crippen LogP contribution is 2.21. The summed E-state index contributed by atoms with van der Waals surface area (Å²) >= 11 is 0. The van der Waals surface area contributed by atoms with Gasteiger partial charge in [0.05, 0.1) is 10.5 Å². The first-order chi connectivity index (χ1) is 18.9. The summed E-state index contributed by atoms with van der Waals surface area (Å²) in [5.41, 5.74) is 1.83. The van der Waals surface area contributed by atoms with Crippen LogP contribution in [0.1, 0.15) is 36.8 Å². The van der Waals surface area contributed by atoms with Crippen molar-refractivity contribution >= 4 is 41.9 Å². The van der Waals surface area contributed by atoms with Gasteiger partial charge in [-0.25, -0.2) is 31.6 Å². The molecule has 2 heterocycles. The molecule has 2 aliphatic heterocycles. The third kappa shape index (κ3) is 10.3. The molecule has 11 nitrogen and oxygen atoms in total. The van der Waals surface area contributed by atoms with Crippen LogP contribution in [-0.4, -0.2) is 75.5 Å². The van der Waals surface area contributed by atoms with Gasteiger partial charge in [-0.2, -0.15) is 0 Å². The van der Waals surface area contributed by atoms with E-state index in [-0.39, 0.29) is 13.2 Å². The van der Waals surface area contributed by atoms with E-state index < -0.39 is 41.8 Å². The highest BCUT2D eigenvalue weighted by atomic mass is 35.7. The maximum absolute atomic E-state index is 11.9. The number of hydrogen-bond donors (Lipinski definition) is 1. The van der Waals surface area contributed by atoms with Gasteiger partial charge in [0.2, 0.25) is 19.1 Å². The molecule has 2 aromatic rings. The van der Waals surface area contributed by atoms with Crippen LogP contribution in [0, 0.1) is 0 Å². The van der Waals surface area contributed by atoms with Gasteiger partial charge >= 0.3 is 12.2 Å². The van der Waals surface area contributed by atoms with E-state index in [9.17, 15) is 26.4 Å². The summed E-state index contributed by atoms with van der Waals surface area (Å²) in [6, 6.07) is 18.8. The standard InChI is InChI=1S/C13H16ClNO4S.C13H18N2O4S/c2*14-20(17,18)12-6-8-15(9-7-12)13(16)19-10-11-4-2-1-3-5-11/h1-5,12H,6-10H2;1-5,12H,6-10H2,(H2,14,17,18). The van der Waals surface area contributed by atoms with Crippen molar-refractivity contribution in [1.82, 2.24) is 9.80 Å². The van der Waals surface area contributed by atoms with E-state index in [4.69, 9.17) is 25.3 Å². The Hall–Kier alpha value is -2.87. The van der Waals surface area contributed by atoms with Crippen molar-refractivity contribution in [2.24, 2.45) is 5.14 Å². The van der Waals surface area contributed by atoms with E-state index >= 15 is 0 Å². The number of likely N-dealkylation sites (tertiary alicyclic amines) is 2. The third-order valence-corrected chi connectivity index (χ3v) is 10.1. The number of ether oxygens (including phenoxy) is 2. The average Bonchev–Trinajstić information content (AvgIpc) is 2.95. The van der Waals surface area contributed by atoms with Gasteiger partial charge in [-0.05, 0) is 36.8 Å². The molecule has 14 heteroatoms. The largest absolute Gasteiger partial charge is 0.445 e. The smallest absolute Gasteiger partial charge is 0.410 e. The molecule has 2 N–H and O–H groups in total. The second-order valence-corrected chi connectivity index (χ2v) is 14.3. The van der Waals surface area contributed by atoms with E-state index in [1.165, 1.54) is 9.80 Å². The van der Waals surface area contributed by atoms with Crippen molar-refractivity contribution in [1.29, 1.82) is 0 Å². The Bertz CT molecular complexity index is 1210. The van der Waals surface area contributed by atoms with Crippen LogP contribution < -0.4 is 5.14 Å². The molecule has 0 spiro atoms. The Kier molecular flexibility index (Phi) is 11.6. The van der Waals surface area contributed by atoms with Crippen molar-refractivity contribution in [2.75, 3.05) is 26.2 Å². The van der Waals surface area contributed by atoms with Gasteiger partial charge in [0.25, 0.3) is 0 Å². The fraction of sp³-hybridized carbons (Fsp3) is 0.462. The first-order valence-electron chi connectivity index (χ1n) is 12.8. The Morgan fingerprint density at radius 2 is 1.05 bits per heavy atom. The topological polar surface area (TPSA) is 153 Å². The second kappa shape index (κ2) is 14.7. The van der Waals surface area contributed by atoms with Crippen LogP contribution in [0.4, 0.5) is 9.59 Å². The SMILES string of the molecule is NS(=O)(=O)C1CCN(C(=O)OCc2ccccc2)CC1.O=C(OCc1ccccc1)N1CCC(S(=O)(=O)Cl)CC1. The zero-order chi connectivity index (χ0) is 29.2. The molecule has 220 valence electrons. The minimum absolute atomic E-state index is 0.216. The summed E-state index contributed by atoms with van der Waals surface area (Å²) in [4.78, 5) is 26.7. The molecule has 4 rings (SSSR count). The highest BCUT2D eigenvalue weighted by molar-refractivity contribution is 8.14. The third-order valence-electron chi connectivity index (χ3n) is 6.67. The summed E-state index contributed by atoms with van der Waals surface area (Å²) in [6.07, 6.45) is 0.595.